The number of Topliss-reactive ketones (excluding diaryl/α,β-unsaturated/α-hetero) is 4. The Labute approximate surface area is 453 Å². The number of carboxylic acid groups (broad SMARTS) is 4. The van der Waals surface area contributed by atoms with E-state index in [0.717, 1.165) is 19.5 Å². The lowest BCUT2D eigenvalue weighted by Gasteiger charge is -2.21. The Kier molecular flexibility index (Phi) is 22.4. The summed E-state index contributed by atoms with van der Waals surface area (Å²) < 4.78 is 0. The maximum absolute atomic E-state index is 13.3. The van der Waals surface area contributed by atoms with Gasteiger partial charge in [0.25, 0.3) is 11.8 Å². The molecule has 0 radical (unpaired) electrons. The Hall–Kier alpha value is -8.02. The van der Waals surface area contributed by atoms with Gasteiger partial charge in [-0.2, -0.15) is 0 Å². The van der Waals surface area contributed by atoms with Crippen LogP contribution >= 0.6 is 34.0 Å². The zero-order chi connectivity index (χ0) is 56.3. The third-order valence-electron chi connectivity index (χ3n) is 12.0. The normalized spacial score (nSPS) is 13.3. The van der Waals surface area contributed by atoms with Crippen LogP contribution in [0.5, 0.6) is 0 Å². The average molecular weight is 1110 g/mol. The molecule has 0 saturated carbocycles. The van der Waals surface area contributed by atoms with Gasteiger partial charge < -0.3 is 41.7 Å². The molecule has 3 heterocycles. The fourth-order valence-corrected chi connectivity index (χ4v) is 10.9. The van der Waals surface area contributed by atoms with E-state index in [2.05, 4.69) is 21.3 Å². The highest BCUT2D eigenvalue weighted by atomic mass is 32.1. The number of hydrogen-bond acceptors (Lipinski definition) is 15. The van der Waals surface area contributed by atoms with Crippen LogP contribution in [0.4, 0.5) is 0 Å². The fraction of sp³-hybridized carbons (Fsp3) is 0.333. The van der Waals surface area contributed by atoms with E-state index in [0.29, 0.717) is 20.9 Å². The third kappa shape index (κ3) is 18.9. The minimum atomic E-state index is -1.51. The summed E-state index contributed by atoms with van der Waals surface area (Å²) in [5.74, 6) is -15.3. The van der Waals surface area contributed by atoms with Crippen molar-refractivity contribution in [2.75, 3.05) is 13.1 Å². The number of aliphatic carboxylic acids is 4. The average Bonchev–Trinajstić information content (AvgIpc) is 4.20. The van der Waals surface area contributed by atoms with E-state index in [1.54, 1.807) is 84.9 Å². The summed E-state index contributed by atoms with van der Waals surface area (Å²) in [4.78, 5) is 155. The summed E-state index contributed by atoms with van der Waals surface area (Å²) in [7, 11) is 0. The smallest absolute Gasteiger partial charge is 0.307 e. The highest BCUT2D eigenvalue weighted by Crippen LogP contribution is 2.40. The second-order valence-corrected chi connectivity index (χ2v) is 21.5. The van der Waals surface area contributed by atoms with Gasteiger partial charge in [0.2, 0.25) is 11.8 Å². The number of carbonyl (C=O) groups excluding carboxylic acids is 8. The van der Waals surface area contributed by atoms with Crippen LogP contribution < -0.4 is 21.3 Å². The van der Waals surface area contributed by atoms with E-state index in [9.17, 15) is 67.7 Å². The number of thiophene rings is 3. The predicted molar refractivity (Wildman–Crippen MR) is 283 cm³/mol. The second kappa shape index (κ2) is 28.8. The van der Waals surface area contributed by atoms with E-state index in [4.69, 9.17) is 10.2 Å². The predicted octanol–water partition coefficient (Wildman–Crippen LogP) is 5.58. The summed E-state index contributed by atoms with van der Waals surface area (Å²) in [6.45, 7) is 2.13. The number of amides is 4. The van der Waals surface area contributed by atoms with Crippen LogP contribution in [-0.4, -0.2) is 116 Å². The maximum Gasteiger partial charge on any atom is 0.307 e. The molecule has 23 heteroatoms. The van der Waals surface area contributed by atoms with Gasteiger partial charge in [-0.15, -0.1) is 34.0 Å². The number of hydrogen-bond donors (Lipinski definition) is 8. The lowest BCUT2D eigenvalue weighted by Crippen LogP contribution is -2.46. The minimum absolute atomic E-state index is 0.000217. The molecule has 0 spiro atoms. The molecular formula is C54H56N4O16S3. The quantitative estimate of drug-likeness (QED) is 0.0261. The number of carboxylic acids is 4. The molecule has 4 amide bonds. The molecule has 0 aliphatic rings. The molecule has 3 aromatic heterocycles. The molecule has 2 aromatic carbocycles. The van der Waals surface area contributed by atoms with Gasteiger partial charge >= 0.3 is 23.9 Å². The van der Waals surface area contributed by atoms with E-state index >= 15 is 0 Å². The Morgan fingerprint density at radius 2 is 0.766 bits per heavy atom. The van der Waals surface area contributed by atoms with Gasteiger partial charge in [0.1, 0.15) is 0 Å². The van der Waals surface area contributed by atoms with Gasteiger partial charge in [-0.05, 0) is 60.4 Å². The maximum atomic E-state index is 13.3. The Balaban J connectivity index is 1.09. The van der Waals surface area contributed by atoms with Crippen molar-refractivity contribution in [3.8, 4) is 19.5 Å². The molecule has 5 rings (SSSR count). The van der Waals surface area contributed by atoms with Gasteiger partial charge in [-0.25, -0.2) is 0 Å². The highest BCUT2D eigenvalue weighted by molar-refractivity contribution is 7.27. The first-order chi connectivity index (χ1) is 36.6. The Bertz CT molecular complexity index is 2790. The van der Waals surface area contributed by atoms with E-state index in [-0.39, 0.29) is 25.7 Å². The van der Waals surface area contributed by atoms with Crippen molar-refractivity contribution >= 4 is 105 Å². The highest BCUT2D eigenvalue weighted by Gasteiger charge is 2.33. The van der Waals surface area contributed by atoms with Gasteiger partial charge in [-0.3, -0.25) is 57.5 Å². The molecule has 77 heavy (non-hydrogen) atoms. The van der Waals surface area contributed by atoms with Gasteiger partial charge in [-0.1, -0.05) is 74.5 Å². The zero-order valence-corrected chi connectivity index (χ0v) is 44.1. The van der Waals surface area contributed by atoms with Crippen LogP contribution in [0.25, 0.3) is 19.5 Å². The topological polar surface area (TPSA) is 334 Å². The molecule has 0 unspecified atom stereocenters. The summed E-state index contributed by atoms with van der Waals surface area (Å²) in [6, 6.07) is 25.2. The largest absolute Gasteiger partial charge is 0.481 e. The third-order valence-corrected chi connectivity index (χ3v) is 15.7. The summed E-state index contributed by atoms with van der Waals surface area (Å²) in [5, 5.41) is 47.6. The number of nitrogens with one attached hydrogen (secondary N) is 4. The van der Waals surface area contributed by atoms with Crippen molar-refractivity contribution in [3.05, 3.63) is 118 Å². The van der Waals surface area contributed by atoms with Crippen LogP contribution in [0.15, 0.2) is 97.1 Å². The first-order valence-electron chi connectivity index (χ1n) is 24.1. The summed E-state index contributed by atoms with van der Waals surface area (Å²) in [6.07, 6.45) is -3.43. The monoisotopic (exact) mass is 1110 g/mol. The molecule has 20 nitrogen and oxygen atoms in total. The molecule has 0 aliphatic heterocycles. The number of carbonyl (C=O) groups is 12. The van der Waals surface area contributed by atoms with Crippen LogP contribution in [0.3, 0.4) is 0 Å². The number of rotatable bonds is 32. The Morgan fingerprint density at radius 3 is 1.10 bits per heavy atom. The molecule has 406 valence electrons. The molecule has 5 aromatic rings. The zero-order valence-electron chi connectivity index (χ0n) is 41.7. The van der Waals surface area contributed by atoms with Crippen molar-refractivity contribution in [2.24, 2.45) is 23.7 Å². The van der Waals surface area contributed by atoms with Crippen molar-refractivity contribution in [3.63, 3.8) is 0 Å². The second-order valence-electron chi connectivity index (χ2n) is 18.3. The lowest BCUT2D eigenvalue weighted by molar-refractivity contribution is -0.149. The van der Waals surface area contributed by atoms with Gasteiger partial charge in [0, 0.05) is 57.0 Å². The van der Waals surface area contributed by atoms with Gasteiger partial charge in [0.15, 0.2) is 23.1 Å². The first kappa shape index (κ1) is 59.9. The molecule has 0 bridgehead atoms. The van der Waals surface area contributed by atoms with Crippen molar-refractivity contribution in [2.45, 2.75) is 77.3 Å². The lowest BCUT2D eigenvalue weighted by atomic mass is 9.92. The van der Waals surface area contributed by atoms with Crippen LogP contribution in [0.2, 0.25) is 0 Å². The number of benzene rings is 2. The van der Waals surface area contributed by atoms with E-state index in [1.807, 2.05) is 12.1 Å². The molecule has 0 aliphatic carbocycles. The standard InChI is InChI=1S/C54H56N4O16S3/c1-29(49(67)57-37(21-31-9-5-3-6-10-31)39(61)23-33(53(71)72)25-47(63)64)19-35(59)27-55-51(69)45-17-15-43(76-45)41-13-14-42(75-41)44-16-18-46(77-44)52(70)56-28-36(60)20-30(2)50(68)58-38(22-32-11-7-4-8-12-32)40(62)24-34(54(73)74)26-48(65)66/h3-18,29-30,33-34,37-38H,19-28H2,1-2H3,(H,55,69)(H,56,70)(H,57,67)(H,58,68)(H,63,64)(H,65,66)(H,71,72)(H,73,74)/t29-,30-,33+,34+,37+,38+/m1/s1. The van der Waals surface area contributed by atoms with Crippen molar-refractivity contribution in [1.82, 2.24) is 21.3 Å². The minimum Gasteiger partial charge on any atom is -0.481 e. The van der Waals surface area contributed by atoms with Crippen molar-refractivity contribution in [1.29, 1.82) is 0 Å². The molecule has 8 N–H and O–H groups in total. The van der Waals surface area contributed by atoms with Crippen LogP contribution in [0.1, 0.15) is 82.8 Å². The van der Waals surface area contributed by atoms with E-state index < -0.39 is 145 Å². The fourth-order valence-electron chi connectivity index (χ4n) is 7.84. The SMILES string of the molecule is C[C@H](CC(=O)CNC(=O)c1ccc(-c2ccc(-c3ccc(C(=O)NCC(=O)C[C@@H](C)C(=O)N[C@@H](Cc4ccccc4)C(=O)C[C@@H](CC(=O)O)C(=O)O)s3)s2)s1)C(=O)N[C@@H](Cc1ccccc1)C(=O)C[C@@H](CC(=O)O)C(=O)O. The molecule has 6 atom stereocenters. The van der Waals surface area contributed by atoms with Crippen LogP contribution in [0, 0.1) is 23.7 Å². The van der Waals surface area contributed by atoms with Gasteiger partial charge in [0.05, 0.1) is 59.6 Å². The van der Waals surface area contributed by atoms with E-state index in [1.165, 1.54) is 47.9 Å². The first-order valence-corrected chi connectivity index (χ1v) is 26.5. The summed E-state index contributed by atoms with van der Waals surface area (Å²) >= 11 is 3.76. The molecule has 0 fully saturated rings. The van der Waals surface area contributed by atoms with Crippen LogP contribution in [-0.2, 0) is 60.8 Å². The van der Waals surface area contributed by atoms with Crippen molar-refractivity contribution < 1.29 is 78.0 Å². The number of ketones is 4. The summed E-state index contributed by atoms with van der Waals surface area (Å²) in [5.41, 5.74) is 1.31. The molecular weight excluding hydrogens is 1060 g/mol. The molecule has 0 saturated heterocycles. The Morgan fingerprint density at radius 1 is 0.429 bits per heavy atom.